The molecule has 0 spiro atoms. The van der Waals surface area contributed by atoms with Crippen LogP contribution in [0.5, 0.6) is 0 Å². The van der Waals surface area contributed by atoms with Crippen molar-refractivity contribution in [1.29, 1.82) is 0 Å². The van der Waals surface area contributed by atoms with Crippen LogP contribution in [0, 0.1) is 0 Å². The molecule has 0 N–H and O–H groups in total. The van der Waals surface area contributed by atoms with Gasteiger partial charge in [-0.25, -0.2) is 4.98 Å². The van der Waals surface area contributed by atoms with Crippen molar-refractivity contribution in [3.05, 3.63) is 12.7 Å². The van der Waals surface area contributed by atoms with Gasteiger partial charge >= 0.3 is 0 Å². The van der Waals surface area contributed by atoms with E-state index in [4.69, 9.17) is 9.47 Å². The lowest BCUT2D eigenvalue weighted by Crippen LogP contribution is -2.24. The highest BCUT2D eigenvalue weighted by Crippen LogP contribution is 2.22. The van der Waals surface area contributed by atoms with Crippen molar-refractivity contribution in [3.8, 4) is 0 Å². The maximum Gasteiger partial charge on any atom is 0.163 e. The monoisotopic (exact) mass is 183 g/mol. The van der Waals surface area contributed by atoms with Crippen LogP contribution in [0.2, 0.25) is 0 Å². The van der Waals surface area contributed by atoms with Crippen molar-refractivity contribution in [3.63, 3.8) is 0 Å². The average molecular weight is 183 g/mol. The molecule has 0 bridgehead atoms. The second-order valence-corrected chi connectivity index (χ2v) is 3.57. The van der Waals surface area contributed by atoms with E-state index in [2.05, 4.69) is 10.1 Å². The predicted molar refractivity (Wildman–Crippen MR) is 44.9 cm³/mol. The molecule has 13 heavy (non-hydrogen) atoms. The topological polar surface area (TPSA) is 49.2 Å². The molecule has 5 nitrogen and oxygen atoms in total. The lowest BCUT2D eigenvalue weighted by molar-refractivity contribution is -0.139. The first-order valence-corrected chi connectivity index (χ1v) is 4.30. The van der Waals surface area contributed by atoms with Crippen LogP contribution in [0.4, 0.5) is 0 Å². The highest BCUT2D eigenvalue weighted by Gasteiger charge is 2.32. The highest BCUT2D eigenvalue weighted by molar-refractivity contribution is 4.71. The van der Waals surface area contributed by atoms with Gasteiger partial charge in [0.1, 0.15) is 18.8 Å². The van der Waals surface area contributed by atoms with E-state index >= 15 is 0 Å². The quantitative estimate of drug-likeness (QED) is 0.667. The second kappa shape index (κ2) is 3.08. The number of aromatic nitrogens is 3. The molecule has 1 aromatic heterocycles. The molecule has 0 aromatic carbocycles. The van der Waals surface area contributed by atoms with Crippen LogP contribution in [-0.4, -0.2) is 33.3 Å². The first kappa shape index (κ1) is 8.65. The maximum atomic E-state index is 5.61. The Morgan fingerprint density at radius 1 is 1.62 bits per heavy atom. The first-order valence-electron chi connectivity index (χ1n) is 4.30. The standard InChI is InChI=1S/C8H13N3O2/c1-8(2)12-4-7(13-8)3-11-6-9-5-10-11/h5-7H,3-4H2,1-2H3/t7-/m0/s1. The van der Waals surface area contributed by atoms with Gasteiger partial charge in [0.2, 0.25) is 0 Å². The van der Waals surface area contributed by atoms with Gasteiger partial charge in [-0.1, -0.05) is 0 Å². The smallest absolute Gasteiger partial charge is 0.163 e. The minimum atomic E-state index is -0.453. The van der Waals surface area contributed by atoms with Crippen LogP contribution in [-0.2, 0) is 16.0 Å². The molecule has 72 valence electrons. The predicted octanol–water partition coefficient (Wildman–Crippen LogP) is 0.430. The fourth-order valence-corrected chi connectivity index (χ4v) is 1.39. The molecule has 0 aliphatic carbocycles. The Balaban J connectivity index is 1.91. The van der Waals surface area contributed by atoms with Gasteiger partial charge in [-0.15, -0.1) is 0 Å². The van der Waals surface area contributed by atoms with Crippen LogP contribution in [0.25, 0.3) is 0 Å². The van der Waals surface area contributed by atoms with E-state index in [1.54, 1.807) is 11.0 Å². The Hall–Kier alpha value is -0.940. The van der Waals surface area contributed by atoms with Crippen molar-refractivity contribution >= 4 is 0 Å². The van der Waals surface area contributed by atoms with E-state index < -0.39 is 5.79 Å². The molecule has 5 heteroatoms. The molecule has 1 aromatic rings. The molecule has 1 saturated heterocycles. The van der Waals surface area contributed by atoms with E-state index in [1.165, 1.54) is 6.33 Å². The summed E-state index contributed by atoms with van der Waals surface area (Å²) >= 11 is 0. The lowest BCUT2D eigenvalue weighted by Gasteiger charge is -2.16. The fraction of sp³-hybridized carbons (Fsp3) is 0.750. The Bertz CT molecular complexity index is 271. The first-order chi connectivity index (χ1) is 6.16. The molecular formula is C8H13N3O2. The number of ether oxygens (including phenoxy) is 2. The van der Waals surface area contributed by atoms with E-state index in [0.717, 1.165) is 0 Å². The van der Waals surface area contributed by atoms with Crippen molar-refractivity contribution < 1.29 is 9.47 Å². The minimum absolute atomic E-state index is 0.0803. The van der Waals surface area contributed by atoms with E-state index in [-0.39, 0.29) is 6.10 Å². The van der Waals surface area contributed by atoms with Gasteiger partial charge in [0.25, 0.3) is 0 Å². The minimum Gasteiger partial charge on any atom is -0.348 e. The number of hydrogen-bond donors (Lipinski definition) is 0. The van der Waals surface area contributed by atoms with Crippen molar-refractivity contribution in [2.24, 2.45) is 0 Å². The SMILES string of the molecule is CC1(C)OC[C@H](Cn2cncn2)O1. The summed E-state index contributed by atoms with van der Waals surface area (Å²) in [4.78, 5) is 3.86. The lowest BCUT2D eigenvalue weighted by atomic mass is 10.4. The molecule has 1 atom stereocenters. The number of hydrogen-bond acceptors (Lipinski definition) is 4. The third kappa shape index (κ3) is 2.05. The molecule has 0 unspecified atom stereocenters. The molecule has 2 rings (SSSR count). The summed E-state index contributed by atoms with van der Waals surface area (Å²) in [5, 5.41) is 4.00. The summed E-state index contributed by atoms with van der Waals surface area (Å²) in [5.41, 5.74) is 0. The Kier molecular flexibility index (Phi) is 2.05. The van der Waals surface area contributed by atoms with Gasteiger partial charge in [0.15, 0.2) is 5.79 Å². The summed E-state index contributed by atoms with van der Waals surface area (Å²) in [6, 6.07) is 0. The Morgan fingerprint density at radius 2 is 2.46 bits per heavy atom. The van der Waals surface area contributed by atoms with Gasteiger partial charge in [0, 0.05) is 0 Å². The number of rotatable bonds is 2. The zero-order valence-corrected chi connectivity index (χ0v) is 7.80. The maximum absolute atomic E-state index is 5.61. The summed E-state index contributed by atoms with van der Waals surface area (Å²) in [5.74, 6) is -0.453. The van der Waals surface area contributed by atoms with Crippen LogP contribution in [0.15, 0.2) is 12.7 Å². The summed E-state index contributed by atoms with van der Waals surface area (Å²) in [6.07, 6.45) is 3.27. The third-order valence-electron chi connectivity index (χ3n) is 1.92. The molecule has 0 radical (unpaired) electrons. The largest absolute Gasteiger partial charge is 0.348 e. The zero-order chi connectivity index (χ0) is 9.31. The van der Waals surface area contributed by atoms with Crippen molar-refractivity contribution in [1.82, 2.24) is 14.8 Å². The molecule has 0 amide bonds. The summed E-state index contributed by atoms with van der Waals surface area (Å²) in [6.45, 7) is 5.14. The highest BCUT2D eigenvalue weighted by atomic mass is 16.7. The molecular weight excluding hydrogens is 170 g/mol. The molecule has 1 aliphatic heterocycles. The third-order valence-corrected chi connectivity index (χ3v) is 1.92. The molecule has 0 saturated carbocycles. The molecule has 2 heterocycles. The molecule has 1 fully saturated rings. The van der Waals surface area contributed by atoms with Gasteiger partial charge in [-0.3, -0.25) is 4.68 Å². The van der Waals surface area contributed by atoms with Gasteiger partial charge in [-0.2, -0.15) is 5.10 Å². The van der Waals surface area contributed by atoms with E-state index in [9.17, 15) is 0 Å². The fourth-order valence-electron chi connectivity index (χ4n) is 1.39. The number of nitrogens with zero attached hydrogens (tertiary/aromatic N) is 3. The van der Waals surface area contributed by atoms with Crippen LogP contribution < -0.4 is 0 Å². The normalized spacial score (nSPS) is 26.5. The van der Waals surface area contributed by atoms with Crippen molar-refractivity contribution in [2.45, 2.75) is 32.3 Å². The summed E-state index contributed by atoms with van der Waals surface area (Å²) < 4.78 is 12.8. The van der Waals surface area contributed by atoms with Gasteiger partial charge < -0.3 is 9.47 Å². The average Bonchev–Trinajstić information content (AvgIpc) is 2.61. The van der Waals surface area contributed by atoms with E-state index in [1.807, 2.05) is 13.8 Å². The second-order valence-electron chi connectivity index (χ2n) is 3.57. The van der Waals surface area contributed by atoms with E-state index in [0.29, 0.717) is 13.2 Å². The van der Waals surface area contributed by atoms with Crippen molar-refractivity contribution in [2.75, 3.05) is 6.61 Å². The van der Waals surface area contributed by atoms with Gasteiger partial charge in [0.05, 0.1) is 13.2 Å². The molecule has 1 aliphatic rings. The van der Waals surface area contributed by atoms with Crippen LogP contribution in [0.3, 0.4) is 0 Å². The van der Waals surface area contributed by atoms with Crippen LogP contribution >= 0.6 is 0 Å². The zero-order valence-electron chi connectivity index (χ0n) is 7.80. The summed E-state index contributed by atoms with van der Waals surface area (Å²) in [7, 11) is 0. The Labute approximate surface area is 76.7 Å². The van der Waals surface area contributed by atoms with Crippen LogP contribution in [0.1, 0.15) is 13.8 Å². The van der Waals surface area contributed by atoms with Gasteiger partial charge in [-0.05, 0) is 13.8 Å². The Morgan fingerprint density at radius 3 is 3.00 bits per heavy atom.